The zero-order valence-electron chi connectivity index (χ0n) is 8.73. The summed E-state index contributed by atoms with van der Waals surface area (Å²) in [5, 5.41) is 3.86. The first-order chi connectivity index (χ1) is 7.31. The van der Waals surface area contributed by atoms with E-state index in [1.165, 1.54) is 0 Å². The minimum absolute atomic E-state index is 0.137. The van der Waals surface area contributed by atoms with Gasteiger partial charge in [-0.15, -0.1) is 0 Å². The summed E-state index contributed by atoms with van der Waals surface area (Å²) in [7, 11) is 0. The third kappa shape index (κ3) is 2.40. The van der Waals surface area contributed by atoms with Crippen molar-refractivity contribution >= 4 is 17.5 Å². The molecule has 1 saturated carbocycles. The highest BCUT2D eigenvalue weighted by Crippen LogP contribution is 2.28. The van der Waals surface area contributed by atoms with Crippen LogP contribution < -0.4 is 0 Å². The van der Waals surface area contributed by atoms with E-state index in [1.807, 2.05) is 6.26 Å². The van der Waals surface area contributed by atoms with Gasteiger partial charge in [0.05, 0.1) is 11.7 Å². The van der Waals surface area contributed by atoms with Crippen molar-refractivity contribution in [3.8, 4) is 0 Å². The van der Waals surface area contributed by atoms with Crippen LogP contribution in [0.3, 0.4) is 0 Å². The summed E-state index contributed by atoms with van der Waals surface area (Å²) in [5.41, 5.74) is 0. The highest BCUT2D eigenvalue weighted by molar-refractivity contribution is 7.97. The number of thioether (sulfide) groups is 1. The van der Waals surface area contributed by atoms with Crippen LogP contribution in [0.1, 0.15) is 43.3 Å². The van der Waals surface area contributed by atoms with Crippen molar-refractivity contribution in [2.45, 2.75) is 37.4 Å². The molecule has 0 saturated heterocycles. The minimum Gasteiger partial charge on any atom is -0.339 e. The van der Waals surface area contributed by atoms with Crippen LogP contribution in [0.15, 0.2) is 4.52 Å². The number of aromatic nitrogens is 2. The number of carbonyl (C=O) groups is 1. The SMILES string of the molecule is CSCc1noc(C2CCCCC2=O)n1. The first-order valence-corrected chi connectivity index (χ1v) is 6.55. The van der Waals surface area contributed by atoms with Crippen LogP contribution in [-0.2, 0) is 10.5 Å². The molecule has 1 unspecified atom stereocenters. The van der Waals surface area contributed by atoms with Gasteiger partial charge in [-0.3, -0.25) is 4.79 Å². The molecule has 1 aromatic heterocycles. The standard InChI is InChI=1S/C10H14N2O2S/c1-15-6-9-11-10(14-12-9)7-4-2-3-5-8(7)13/h7H,2-6H2,1H3. The Morgan fingerprint density at radius 1 is 1.53 bits per heavy atom. The molecule has 0 amide bonds. The Bertz CT molecular complexity index is 351. The van der Waals surface area contributed by atoms with Crippen molar-refractivity contribution in [3.63, 3.8) is 0 Å². The van der Waals surface area contributed by atoms with Crippen LogP contribution in [0.2, 0.25) is 0 Å². The lowest BCUT2D eigenvalue weighted by Crippen LogP contribution is -2.17. The zero-order chi connectivity index (χ0) is 10.7. The predicted octanol–water partition coefficient (Wildman–Crippen LogP) is 2.16. The Labute approximate surface area is 92.8 Å². The van der Waals surface area contributed by atoms with Gasteiger partial charge in [-0.05, 0) is 19.1 Å². The highest BCUT2D eigenvalue weighted by Gasteiger charge is 2.28. The van der Waals surface area contributed by atoms with Crippen LogP contribution in [0.5, 0.6) is 0 Å². The average molecular weight is 226 g/mol. The highest BCUT2D eigenvalue weighted by atomic mass is 32.2. The quantitative estimate of drug-likeness (QED) is 0.790. The summed E-state index contributed by atoms with van der Waals surface area (Å²) in [6.45, 7) is 0. The maximum Gasteiger partial charge on any atom is 0.237 e. The Morgan fingerprint density at radius 2 is 2.40 bits per heavy atom. The molecule has 15 heavy (non-hydrogen) atoms. The van der Waals surface area contributed by atoms with Gasteiger partial charge in [0.25, 0.3) is 0 Å². The number of rotatable bonds is 3. The second-order valence-corrected chi connectivity index (χ2v) is 4.61. The molecule has 1 heterocycles. The van der Waals surface area contributed by atoms with Gasteiger partial charge >= 0.3 is 0 Å². The molecule has 1 atom stereocenters. The third-order valence-electron chi connectivity index (χ3n) is 2.61. The first-order valence-electron chi connectivity index (χ1n) is 5.15. The minimum atomic E-state index is -0.137. The normalized spacial score (nSPS) is 21.9. The molecule has 1 aliphatic rings. The van der Waals surface area contributed by atoms with E-state index in [-0.39, 0.29) is 11.7 Å². The maximum absolute atomic E-state index is 11.6. The number of nitrogens with zero attached hydrogens (tertiary/aromatic N) is 2. The van der Waals surface area contributed by atoms with E-state index in [4.69, 9.17) is 4.52 Å². The second-order valence-electron chi connectivity index (χ2n) is 3.75. The molecule has 0 aromatic carbocycles. The largest absolute Gasteiger partial charge is 0.339 e. The molecule has 0 spiro atoms. The van der Waals surface area contributed by atoms with E-state index < -0.39 is 0 Å². The van der Waals surface area contributed by atoms with E-state index in [1.54, 1.807) is 11.8 Å². The molecule has 4 nitrogen and oxygen atoms in total. The summed E-state index contributed by atoms with van der Waals surface area (Å²) >= 11 is 1.65. The molecule has 1 aliphatic carbocycles. The fourth-order valence-electron chi connectivity index (χ4n) is 1.84. The van der Waals surface area contributed by atoms with E-state index in [0.29, 0.717) is 18.1 Å². The van der Waals surface area contributed by atoms with E-state index in [2.05, 4.69) is 10.1 Å². The van der Waals surface area contributed by atoms with Crippen molar-refractivity contribution < 1.29 is 9.32 Å². The smallest absolute Gasteiger partial charge is 0.237 e. The molecule has 1 aromatic rings. The van der Waals surface area contributed by atoms with Crippen LogP contribution >= 0.6 is 11.8 Å². The Balaban J connectivity index is 2.10. The summed E-state index contributed by atoms with van der Waals surface area (Å²) in [6, 6.07) is 0. The number of hydrogen-bond acceptors (Lipinski definition) is 5. The van der Waals surface area contributed by atoms with Gasteiger partial charge in [0.15, 0.2) is 5.82 Å². The average Bonchev–Trinajstić information content (AvgIpc) is 2.68. The predicted molar refractivity (Wildman–Crippen MR) is 57.7 cm³/mol. The Morgan fingerprint density at radius 3 is 3.13 bits per heavy atom. The first kappa shape index (κ1) is 10.7. The molecule has 0 aliphatic heterocycles. The lowest BCUT2D eigenvalue weighted by Gasteiger charge is -2.16. The second kappa shape index (κ2) is 4.79. The molecule has 0 radical (unpaired) electrons. The zero-order valence-corrected chi connectivity index (χ0v) is 9.55. The lowest BCUT2D eigenvalue weighted by molar-refractivity contribution is -0.122. The van der Waals surface area contributed by atoms with Gasteiger partial charge in [-0.1, -0.05) is 11.6 Å². The van der Waals surface area contributed by atoms with Crippen LogP contribution in [0, 0.1) is 0 Å². The fraction of sp³-hybridized carbons (Fsp3) is 0.700. The fourth-order valence-corrected chi connectivity index (χ4v) is 2.22. The maximum atomic E-state index is 11.6. The van der Waals surface area contributed by atoms with Gasteiger partial charge in [0, 0.05) is 6.42 Å². The van der Waals surface area contributed by atoms with Crippen molar-refractivity contribution in [2.75, 3.05) is 6.26 Å². The Kier molecular flexibility index (Phi) is 3.41. The summed E-state index contributed by atoms with van der Waals surface area (Å²) in [6.07, 6.45) is 5.59. The number of Topliss-reactive ketones (excluding diaryl/α,β-unsaturated/α-hetero) is 1. The van der Waals surface area contributed by atoms with Gasteiger partial charge in [0.2, 0.25) is 5.89 Å². The Hall–Kier alpha value is -0.840. The lowest BCUT2D eigenvalue weighted by atomic mass is 9.88. The molecular weight excluding hydrogens is 212 g/mol. The third-order valence-corrected chi connectivity index (χ3v) is 3.16. The topological polar surface area (TPSA) is 56.0 Å². The molecule has 5 heteroatoms. The van der Waals surface area contributed by atoms with E-state index in [9.17, 15) is 4.79 Å². The van der Waals surface area contributed by atoms with Gasteiger partial charge in [-0.2, -0.15) is 16.7 Å². The van der Waals surface area contributed by atoms with E-state index >= 15 is 0 Å². The van der Waals surface area contributed by atoms with Gasteiger partial charge < -0.3 is 4.52 Å². The molecule has 82 valence electrons. The molecule has 2 rings (SSSR count). The summed E-state index contributed by atoms with van der Waals surface area (Å²) < 4.78 is 5.13. The van der Waals surface area contributed by atoms with Gasteiger partial charge in [-0.25, -0.2) is 0 Å². The number of ketones is 1. The van der Waals surface area contributed by atoms with Crippen molar-refractivity contribution in [1.82, 2.24) is 10.1 Å². The molecule has 0 N–H and O–H groups in total. The molecule has 1 fully saturated rings. The van der Waals surface area contributed by atoms with Crippen molar-refractivity contribution in [3.05, 3.63) is 11.7 Å². The molecular formula is C10H14N2O2S. The van der Waals surface area contributed by atoms with Gasteiger partial charge in [0.1, 0.15) is 5.78 Å². The molecule has 0 bridgehead atoms. The van der Waals surface area contributed by atoms with Crippen LogP contribution in [-0.4, -0.2) is 22.2 Å². The summed E-state index contributed by atoms with van der Waals surface area (Å²) in [5.74, 6) is 2.06. The van der Waals surface area contributed by atoms with Crippen molar-refractivity contribution in [2.24, 2.45) is 0 Å². The monoisotopic (exact) mass is 226 g/mol. The van der Waals surface area contributed by atoms with E-state index in [0.717, 1.165) is 25.0 Å². The number of hydrogen-bond donors (Lipinski definition) is 0. The van der Waals surface area contributed by atoms with Crippen LogP contribution in [0.4, 0.5) is 0 Å². The van der Waals surface area contributed by atoms with Crippen molar-refractivity contribution in [1.29, 1.82) is 0 Å². The summed E-state index contributed by atoms with van der Waals surface area (Å²) in [4.78, 5) is 15.9. The number of carbonyl (C=O) groups excluding carboxylic acids is 1. The van der Waals surface area contributed by atoms with Crippen LogP contribution in [0.25, 0.3) is 0 Å².